The van der Waals surface area contributed by atoms with Crippen molar-refractivity contribution < 1.29 is 4.74 Å². The lowest BCUT2D eigenvalue weighted by Crippen LogP contribution is -2.38. The highest BCUT2D eigenvalue weighted by molar-refractivity contribution is 5.85. The second-order valence-electron chi connectivity index (χ2n) is 4.44. The third-order valence-corrected chi connectivity index (χ3v) is 3.42. The first-order valence-corrected chi connectivity index (χ1v) is 5.96. The zero-order chi connectivity index (χ0) is 9.64. The molecular weight excluding hydrogens is 247 g/mol. The summed E-state index contributed by atoms with van der Waals surface area (Å²) in [4.78, 5) is 2.55. The topological polar surface area (TPSA) is 24.5 Å². The van der Waals surface area contributed by atoms with Gasteiger partial charge in [0, 0.05) is 13.1 Å². The molecule has 0 aromatic carbocycles. The third-order valence-electron chi connectivity index (χ3n) is 3.42. The normalized spacial score (nSPS) is 23.2. The van der Waals surface area contributed by atoms with Crippen molar-refractivity contribution in [3.63, 3.8) is 0 Å². The summed E-state index contributed by atoms with van der Waals surface area (Å²) < 4.78 is 5.34. The van der Waals surface area contributed by atoms with Crippen LogP contribution in [0.4, 0.5) is 0 Å². The molecule has 98 valence electrons. The minimum atomic E-state index is 0. The molecule has 0 amide bonds. The summed E-state index contributed by atoms with van der Waals surface area (Å²) in [6, 6.07) is 0. The monoisotopic (exact) mass is 270 g/mol. The molecule has 3 nitrogen and oxygen atoms in total. The maximum atomic E-state index is 5.34. The van der Waals surface area contributed by atoms with Crippen LogP contribution >= 0.6 is 24.8 Å². The lowest BCUT2D eigenvalue weighted by molar-refractivity contribution is 0.0347. The molecule has 2 saturated heterocycles. The van der Waals surface area contributed by atoms with Crippen LogP contribution in [0.15, 0.2) is 0 Å². The first-order chi connectivity index (χ1) is 6.95. The zero-order valence-corrected chi connectivity index (χ0v) is 11.5. The number of rotatable bonds is 3. The van der Waals surface area contributed by atoms with Gasteiger partial charge in [-0.1, -0.05) is 0 Å². The standard InChI is InChI=1S/C11H22N2O.2ClH/c1-4-12-5-2-11(1)3-6-13-7-9-14-10-8-13;;/h11-12H,1-10H2;2*1H. The lowest BCUT2D eigenvalue weighted by Gasteiger charge is -2.29. The van der Waals surface area contributed by atoms with Crippen molar-refractivity contribution in [3.8, 4) is 0 Å². The van der Waals surface area contributed by atoms with Gasteiger partial charge in [-0.15, -0.1) is 24.8 Å². The summed E-state index contributed by atoms with van der Waals surface area (Å²) in [7, 11) is 0. The molecule has 0 spiro atoms. The number of hydrogen-bond donors (Lipinski definition) is 1. The average Bonchev–Trinajstić information content (AvgIpc) is 2.29. The van der Waals surface area contributed by atoms with Crippen LogP contribution in [0.2, 0.25) is 0 Å². The second-order valence-corrected chi connectivity index (χ2v) is 4.44. The number of piperidine rings is 1. The van der Waals surface area contributed by atoms with Crippen LogP contribution in [-0.2, 0) is 4.74 Å². The van der Waals surface area contributed by atoms with Crippen molar-refractivity contribution in [3.05, 3.63) is 0 Å². The SMILES string of the molecule is C1CC(CCN2CCOCC2)CCN1.Cl.Cl. The van der Waals surface area contributed by atoms with Crippen LogP contribution < -0.4 is 5.32 Å². The molecule has 0 bridgehead atoms. The maximum absolute atomic E-state index is 5.34. The molecular formula is C11H24Cl2N2O. The quantitative estimate of drug-likeness (QED) is 0.843. The van der Waals surface area contributed by atoms with Crippen molar-refractivity contribution >= 4 is 24.8 Å². The molecule has 2 aliphatic rings. The average molecular weight is 271 g/mol. The van der Waals surface area contributed by atoms with Gasteiger partial charge in [0.1, 0.15) is 0 Å². The Morgan fingerprint density at radius 2 is 1.69 bits per heavy atom. The minimum Gasteiger partial charge on any atom is -0.379 e. The van der Waals surface area contributed by atoms with Crippen molar-refractivity contribution in [2.75, 3.05) is 45.9 Å². The summed E-state index contributed by atoms with van der Waals surface area (Å²) in [6.45, 7) is 7.91. The summed E-state index contributed by atoms with van der Waals surface area (Å²) in [5.41, 5.74) is 0. The molecule has 0 radical (unpaired) electrons. The van der Waals surface area contributed by atoms with Crippen molar-refractivity contribution in [1.82, 2.24) is 10.2 Å². The van der Waals surface area contributed by atoms with E-state index in [-0.39, 0.29) is 24.8 Å². The first-order valence-electron chi connectivity index (χ1n) is 5.96. The Morgan fingerprint density at radius 1 is 1.06 bits per heavy atom. The van der Waals surface area contributed by atoms with Gasteiger partial charge in [-0.05, 0) is 44.8 Å². The van der Waals surface area contributed by atoms with E-state index in [1.165, 1.54) is 38.9 Å². The van der Waals surface area contributed by atoms with Gasteiger partial charge in [0.05, 0.1) is 13.2 Å². The second kappa shape index (κ2) is 9.49. The van der Waals surface area contributed by atoms with E-state index in [0.29, 0.717) is 0 Å². The fourth-order valence-corrected chi connectivity index (χ4v) is 2.36. The van der Waals surface area contributed by atoms with Crippen molar-refractivity contribution in [2.45, 2.75) is 19.3 Å². The Kier molecular flexibility index (Phi) is 9.76. The molecule has 2 fully saturated rings. The Labute approximate surface area is 111 Å². The van der Waals surface area contributed by atoms with E-state index >= 15 is 0 Å². The number of hydrogen-bond acceptors (Lipinski definition) is 3. The highest BCUT2D eigenvalue weighted by atomic mass is 35.5. The summed E-state index contributed by atoms with van der Waals surface area (Å²) in [5.74, 6) is 0.971. The fourth-order valence-electron chi connectivity index (χ4n) is 2.36. The number of ether oxygens (including phenoxy) is 1. The molecule has 0 aromatic heterocycles. The Balaban J connectivity index is 0.00000112. The number of nitrogens with zero attached hydrogens (tertiary/aromatic N) is 1. The summed E-state index contributed by atoms with van der Waals surface area (Å²) >= 11 is 0. The molecule has 2 rings (SSSR count). The van der Waals surface area contributed by atoms with E-state index in [9.17, 15) is 0 Å². The smallest absolute Gasteiger partial charge is 0.0594 e. The van der Waals surface area contributed by atoms with Gasteiger partial charge in [-0.25, -0.2) is 0 Å². The van der Waals surface area contributed by atoms with E-state index in [1.807, 2.05) is 0 Å². The Hall–Kier alpha value is 0.460. The predicted octanol–water partition coefficient (Wildman–Crippen LogP) is 1.55. The molecule has 16 heavy (non-hydrogen) atoms. The highest BCUT2D eigenvalue weighted by Crippen LogP contribution is 2.16. The van der Waals surface area contributed by atoms with Gasteiger partial charge < -0.3 is 10.1 Å². The summed E-state index contributed by atoms with van der Waals surface area (Å²) in [5, 5.41) is 3.42. The molecule has 0 unspecified atom stereocenters. The van der Waals surface area contributed by atoms with Crippen molar-refractivity contribution in [2.24, 2.45) is 5.92 Å². The Morgan fingerprint density at radius 3 is 2.31 bits per heavy atom. The van der Waals surface area contributed by atoms with Gasteiger partial charge in [0.2, 0.25) is 0 Å². The maximum Gasteiger partial charge on any atom is 0.0594 e. The number of morpholine rings is 1. The molecule has 1 N–H and O–H groups in total. The van der Waals surface area contributed by atoms with Crippen LogP contribution in [-0.4, -0.2) is 50.8 Å². The number of halogens is 2. The lowest BCUT2D eigenvalue weighted by atomic mass is 9.94. The molecule has 2 aliphatic heterocycles. The van der Waals surface area contributed by atoms with Crippen LogP contribution in [0.5, 0.6) is 0 Å². The zero-order valence-electron chi connectivity index (χ0n) is 9.82. The van der Waals surface area contributed by atoms with Gasteiger partial charge in [0.15, 0.2) is 0 Å². The third kappa shape index (κ3) is 5.69. The summed E-state index contributed by atoms with van der Waals surface area (Å²) in [6.07, 6.45) is 4.15. The Bertz CT molecular complexity index is 142. The minimum absolute atomic E-state index is 0. The number of nitrogens with one attached hydrogen (secondary N) is 1. The van der Waals surface area contributed by atoms with Crippen LogP contribution in [0.3, 0.4) is 0 Å². The van der Waals surface area contributed by atoms with Gasteiger partial charge >= 0.3 is 0 Å². The predicted molar refractivity (Wildman–Crippen MR) is 72.0 cm³/mol. The molecule has 0 aliphatic carbocycles. The molecule has 5 heteroatoms. The van der Waals surface area contributed by atoms with Crippen molar-refractivity contribution in [1.29, 1.82) is 0 Å². The fraction of sp³-hybridized carbons (Fsp3) is 1.00. The van der Waals surface area contributed by atoms with E-state index in [4.69, 9.17) is 4.74 Å². The van der Waals surface area contributed by atoms with Crippen LogP contribution in [0.1, 0.15) is 19.3 Å². The van der Waals surface area contributed by atoms with E-state index in [0.717, 1.165) is 32.2 Å². The molecule has 0 atom stereocenters. The van der Waals surface area contributed by atoms with Gasteiger partial charge in [0.25, 0.3) is 0 Å². The van der Waals surface area contributed by atoms with Crippen LogP contribution in [0, 0.1) is 5.92 Å². The molecule has 0 aromatic rings. The van der Waals surface area contributed by atoms with Gasteiger partial charge in [-0.2, -0.15) is 0 Å². The van der Waals surface area contributed by atoms with E-state index in [1.54, 1.807) is 0 Å². The molecule has 2 heterocycles. The highest BCUT2D eigenvalue weighted by Gasteiger charge is 2.15. The molecule has 0 saturated carbocycles. The van der Waals surface area contributed by atoms with E-state index in [2.05, 4.69) is 10.2 Å². The first kappa shape index (κ1) is 16.5. The van der Waals surface area contributed by atoms with E-state index < -0.39 is 0 Å². The largest absolute Gasteiger partial charge is 0.379 e. The van der Waals surface area contributed by atoms with Gasteiger partial charge in [-0.3, -0.25) is 4.90 Å². The van der Waals surface area contributed by atoms with Crippen LogP contribution in [0.25, 0.3) is 0 Å².